The van der Waals surface area contributed by atoms with Crippen LogP contribution in [0.15, 0.2) is 12.1 Å². The van der Waals surface area contributed by atoms with Gasteiger partial charge in [0.15, 0.2) is 11.5 Å². The number of methoxy groups -OCH3 is 3. The summed E-state index contributed by atoms with van der Waals surface area (Å²) < 4.78 is 16.2. The highest BCUT2D eigenvalue weighted by molar-refractivity contribution is 5.63. The third-order valence-corrected chi connectivity index (χ3v) is 4.02. The summed E-state index contributed by atoms with van der Waals surface area (Å²) >= 11 is 0. The summed E-state index contributed by atoms with van der Waals surface area (Å²) in [4.78, 5) is 4.70. The molecule has 0 unspecified atom stereocenters. The van der Waals surface area contributed by atoms with E-state index in [9.17, 15) is 0 Å². The fourth-order valence-electron chi connectivity index (χ4n) is 2.77. The predicted octanol–water partition coefficient (Wildman–Crippen LogP) is 1.22. The molecule has 0 amide bonds. The molecule has 0 radical (unpaired) electrons. The van der Waals surface area contributed by atoms with Crippen LogP contribution in [0.25, 0.3) is 0 Å². The quantitative estimate of drug-likeness (QED) is 0.817. The number of rotatable bonds is 7. The van der Waals surface area contributed by atoms with E-state index >= 15 is 0 Å². The third-order valence-electron chi connectivity index (χ3n) is 4.02. The fourth-order valence-corrected chi connectivity index (χ4v) is 2.77. The van der Waals surface area contributed by atoms with Gasteiger partial charge in [0.25, 0.3) is 0 Å². The zero-order chi connectivity index (χ0) is 15.9. The van der Waals surface area contributed by atoms with Crippen LogP contribution in [0.1, 0.15) is 6.42 Å². The van der Waals surface area contributed by atoms with Crippen LogP contribution >= 0.6 is 0 Å². The summed E-state index contributed by atoms with van der Waals surface area (Å²) in [5.74, 6) is 1.98. The Hall–Kier alpha value is -1.66. The van der Waals surface area contributed by atoms with Crippen molar-refractivity contribution in [2.24, 2.45) is 0 Å². The second-order valence-corrected chi connectivity index (χ2v) is 5.29. The SMILES string of the molecule is COc1cc(N2CCN(CCCO)CC2)cc(OC)c1OC. The van der Waals surface area contributed by atoms with Gasteiger partial charge in [-0.25, -0.2) is 0 Å². The van der Waals surface area contributed by atoms with Gasteiger partial charge in [0, 0.05) is 57.2 Å². The molecule has 0 saturated carbocycles. The Morgan fingerprint density at radius 1 is 0.955 bits per heavy atom. The number of nitrogens with zero attached hydrogens (tertiary/aromatic N) is 2. The van der Waals surface area contributed by atoms with Gasteiger partial charge >= 0.3 is 0 Å². The van der Waals surface area contributed by atoms with Crippen molar-refractivity contribution in [3.05, 3.63) is 12.1 Å². The van der Waals surface area contributed by atoms with E-state index in [0.29, 0.717) is 17.2 Å². The van der Waals surface area contributed by atoms with Gasteiger partial charge in [-0.15, -0.1) is 0 Å². The van der Waals surface area contributed by atoms with Gasteiger partial charge in [0.2, 0.25) is 5.75 Å². The minimum Gasteiger partial charge on any atom is -0.493 e. The van der Waals surface area contributed by atoms with Crippen LogP contribution in [0.3, 0.4) is 0 Å². The average Bonchev–Trinajstić information content (AvgIpc) is 2.58. The lowest BCUT2D eigenvalue weighted by Gasteiger charge is -2.36. The van der Waals surface area contributed by atoms with Gasteiger partial charge in [-0.05, 0) is 6.42 Å². The molecule has 0 aromatic heterocycles. The summed E-state index contributed by atoms with van der Waals surface area (Å²) in [5.41, 5.74) is 1.08. The maximum Gasteiger partial charge on any atom is 0.203 e. The van der Waals surface area contributed by atoms with Crippen molar-refractivity contribution in [3.8, 4) is 17.2 Å². The average molecular weight is 310 g/mol. The van der Waals surface area contributed by atoms with E-state index < -0.39 is 0 Å². The number of aliphatic hydroxyl groups excluding tert-OH is 1. The molecule has 1 fully saturated rings. The standard InChI is InChI=1S/C16H26N2O4/c1-20-14-11-13(12-15(21-2)16(14)22-3)18-8-6-17(7-9-18)5-4-10-19/h11-12,19H,4-10H2,1-3H3. The molecule has 1 heterocycles. The number of piperazine rings is 1. The van der Waals surface area contributed by atoms with Crippen molar-refractivity contribution in [2.75, 3.05) is 65.6 Å². The maximum absolute atomic E-state index is 8.91. The lowest BCUT2D eigenvalue weighted by Crippen LogP contribution is -2.46. The molecular formula is C16H26N2O4. The Morgan fingerprint density at radius 2 is 1.55 bits per heavy atom. The molecule has 22 heavy (non-hydrogen) atoms. The second-order valence-electron chi connectivity index (χ2n) is 5.29. The summed E-state index contributed by atoms with van der Waals surface area (Å²) in [6.07, 6.45) is 0.837. The summed E-state index contributed by atoms with van der Waals surface area (Å²) in [6.45, 7) is 5.11. The van der Waals surface area contributed by atoms with Gasteiger partial charge in [-0.1, -0.05) is 0 Å². The lowest BCUT2D eigenvalue weighted by molar-refractivity contribution is 0.216. The molecule has 0 atom stereocenters. The van der Waals surface area contributed by atoms with Crippen LogP contribution in [-0.4, -0.2) is 70.7 Å². The lowest BCUT2D eigenvalue weighted by atomic mass is 10.2. The van der Waals surface area contributed by atoms with Gasteiger partial charge in [0.1, 0.15) is 0 Å². The van der Waals surface area contributed by atoms with E-state index in [0.717, 1.165) is 44.8 Å². The highest BCUT2D eigenvalue weighted by Crippen LogP contribution is 2.41. The first kappa shape index (κ1) is 16.7. The first-order valence-electron chi connectivity index (χ1n) is 7.61. The van der Waals surface area contributed by atoms with Crippen molar-refractivity contribution < 1.29 is 19.3 Å². The van der Waals surface area contributed by atoms with Crippen molar-refractivity contribution in [3.63, 3.8) is 0 Å². The van der Waals surface area contributed by atoms with Crippen LogP contribution in [0.5, 0.6) is 17.2 Å². The minimum atomic E-state index is 0.257. The van der Waals surface area contributed by atoms with Gasteiger partial charge in [0.05, 0.1) is 21.3 Å². The molecule has 1 aliphatic rings. The molecule has 1 aromatic rings. The highest BCUT2D eigenvalue weighted by atomic mass is 16.5. The maximum atomic E-state index is 8.91. The smallest absolute Gasteiger partial charge is 0.203 e. The molecule has 124 valence electrons. The third kappa shape index (κ3) is 3.75. The van der Waals surface area contributed by atoms with E-state index in [1.165, 1.54) is 0 Å². The van der Waals surface area contributed by atoms with Crippen LogP contribution in [0.2, 0.25) is 0 Å². The molecule has 0 spiro atoms. The number of anilines is 1. The topological polar surface area (TPSA) is 54.4 Å². The van der Waals surface area contributed by atoms with Gasteiger partial charge in [-0.2, -0.15) is 0 Å². The number of hydrogen-bond donors (Lipinski definition) is 1. The molecular weight excluding hydrogens is 284 g/mol. The summed E-state index contributed by atoms with van der Waals surface area (Å²) in [5, 5.41) is 8.91. The Labute approximate surface area is 132 Å². The van der Waals surface area contributed by atoms with Crippen molar-refractivity contribution in [2.45, 2.75) is 6.42 Å². The molecule has 6 heteroatoms. The van der Waals surface area contributed by atoms with Crippen LogP contribution in [-0.2, 0) is 0 Å². The zero-order valence-corrected chi connectivity index (χ0v) is 13.7. The molecule has 1 aromatic carbocycles. The van der Waals surface area contributed by atoms with E-state index in [4.69, 9.17) is 19.3 Å². The Kier molecular flexibility index (Phi) is 6.15. The number of ether oxygens (including phenoxy) is 3. The molecule has 2 rings (SSSR count). The largest absolute Gasteiger partial charge is 0.493 e. The molecule has 1 N–H and O–H groups in total. The highest BCUT2D eigenvalue weighted by Gasteiger charge is 2.20. The minimum absolute atomic E-state index is 0.257. The van der Waals surface area contributed by atoms with E-state index in [1.807, 2.05) is 12.1 Å². The second kappa shape index (κ2) is 8.10. The molecule has 0 bridgehead atoms. The van der Waals surface area contributed by atoms with E-state index in [2.05, 4.69) is 9.80 Å². The Balaban J connectivity index is 2.10. The monoisotopic (exact) mass is 310 g/mol. The predicted molar refractivity (Wildman–Crippen MR) is 86.5 cm³/mol. The fraction of sp³-hybridized carbons (Fsp3) is 0.625. The van der Waals surface area contributed by atoms with Gasteiger partial charge < -0.3 is 24.2 Å². The van der Waals surface area contributed by atoms with Crippen molar-refractivity contribution in [1.29, 1.82) is 0 Å². The van der Waals surface area contributed by atoms with Gasteiger partial charge in [-0.3, -0.25) is 4.90 Å². The summed E-state index contributed by atoms with van der Waals surface area (Å²) in [7, 11) is 4.88. The first-order chi connectivity index (χ1) is 10.7. The Morgan fingerprint density at radius 3 is 2.00 bits per heavy atom. The van der Waals surface area contributed by atoms with Crippen molar-refractivity contribution >= 4 is 5.69 Å². The molecule has 0 aliphatic carbocycles. The van der Waals surface area contributed by atoms with E-state index in [-0.39, 0.29) is 6.61 Å². The summed E-state index contributed by atoms with van der Waals surface area (Å²) in [6, 6.07) is 3.98. The molecule has 1 saturated heterocycles. The van der Waals surface area contributed by atoms with Crippen molar-refractivity contribution in [1.82, 2.24) is 4.90 Å². The normalized spacial score (nSPS) is 15.7. The van der Waals surface area contributed by atoms with Crippen LogP contribution < -0.4 is 19.1 Å². The van der Waals surface area contributed by atoms with E-state index in [1.54, 1.807) is 21.3 Å². The first-order valence-corrected chi connectivity index (χ1v) is 7.61. The number of hydrogen-bond acceptors (Lipinski definition) is 6. The zero-order valence-electron chi connectivity index (χ0n) is 13.7. The molecule has 1 aliphatic heterocycles. The van der Waals surface area contributed by atoms with Crippen LogP contribution in [0.4, 0.5) is 5.69 Å². The Bertz CT molecular complexity index is 448. The number of aliphatic hydroxyl groups is 1. The van der Waals surface area contributed by atoms with Crippen LogP contribution in [0, 0.1) is 0 Å². The molecule has 6 nitrogen and oxygen atoms in total. The number of benzene rings is 1.